The van der Waals surface area contributed by atoms with E-state index in [0.29, 0.717) is 5.69 Å². The van der Waals surface area contributed by atoms with Gasteiger partial charge in [0.2, 0.25) is 0 Å². The Morgan fingerprint density at radius 1 is 1.44 bits per heavy atom. The average molecular weight is 245 g/mol. The first-order valence-electron chi connectivity index (χ1n) is 4.78. The molecule has 5 nitrogen and oxygen atoms in total. The fourth-order valence-corrected chi connectivity index (χ4v) is 2.76. The van der Waals surface area contributed by atoms with Crippen LogP contribution in [0.15, 0.2) is 23.1 Å². The van der Waals surface area contributed by atoms with Crippen LogP contribution in [0.2, 0.25) is 0 Å². The first-order valence-corrected chi connectivity index (χ1v) is 6.43. The van der Waals surface area contributed by atoms with Crippen molar-refractivity contribution in [2.75, 3.05) is 25.2 Å². The normalized spacial score (nSPS) is 11.4. The molecule has 0 aliphatic rings. The summed E-state index contributed by atoms with van der Waals surface area (Å²) >= 11 is 0. The Morgan fingerprint density at radius 2 is 2.12 bits per heavy atom. The molecule has 0 atom stereocenters. The Labute approximate surface area is 94.8 Å². The van der Waals surface area contributed by atoms with Crippen LogP contribution in [0.4, 0.5) is 5.69 Å². The van der Waals surface area contributed by atoms with Gasteiger partial charge in [0.25, 0.3) is 0 Å². The largest absolute Gasteiger partial charge is 0.495 e. The lowest BCUT2D eigenvalue weighted by atomic mass is 10.3. The first kappa shape index (κ1) is 12.8. The summed E-state index contributed by atoms with van der Waals surface area (Å²) in [4.78, 5) is 0.109. The Morgan fingerprint density at radius 3 is 2.69 bits per heavy atom. The quantitative estimate of drug-likeness (QED) is 0.734. The molecule has 0 aliphatic heterocycles. The number of anilines is 1. The highest BCUT2D eigenvalue weighted by atomic mass is 32.2. The lowest BCUT2D eigenvalue weighted by Gasteiger charge is -2.09. The van der Waals surface area contributed by atoms with Gasteiger partial charge in [-0.3, -0.25) is 0 Å². The van der Waals surface area contributed by atoms with E-state index in [9.17, 15) is 8.42 Å². The molecule has 0 saturated heterocycles. The van der Waals surface area contributed by atoms with E-state index >= 15 is 0 Å². The molecule has 90 valence electrons. The Balaban J connectivity index is 3.12. The van der Waals surface area contributed by atoms with E-state index in [1.807, 2.05) is 0 Å². The number of methoxy groups -OCH3 is 1. The lowest BCUT2D eigenvalue weighted by molar-refractivity contribution is 0.295. The molecule has 0 radical (unpaired) electrons. The van der Waals surface area contributed by atoms with Crippen LogP contribution in [-0.4, -0.2) is 33.0 Å². The summed E-state index contributed by atoms with van der Waals surface area (Å²) in [5.41, 5.74) is 5.97. The molecule has 0 aromatic heterocycles. The second kappa shape index (κ2) is 5.18. The zero-order valence-corrected chi connectivity index (χ0v) is 9.83. The van der Waals surface area contributed by atoms with Crippen molar-refractivity contribution in [3.63, 3.8) is 0 Å². The molecule has 0 fully saturated rings. The standard InChI is InChI=1S/C10H15NO4S/c1-15-9-7-8(11)3-4-10(9)16(13,14)6-2-5-12/h3-4,7,12H,2,5-6,11H2,1H3. The number of benzene rings is 1. The van der Waals surface area contributed by atoms with E-state index in [2.05, 4.69) is 0 Å². The summed E-state index contributed by atoms with van der Waals surface area (Å²) in [5, 5.41) is 8.63. The van der Waals surface area contributed by atoms with E-state index in [0.717, 1.165) is 0 Å². The third-order valence-corrected chi connectivity index (χ3v) is 3.93. The Kier molecular flexibility index (Phi) is 4.14. The molecule has 0 heterocycles. The monoisotopic (exact) mass is 245 g/mol. The van der Waals surface area contributed by atoms with Crippen molar-refractivity contribution in [3.05, 3.63) is 18.2 Å². The number of ether oxygens (including phenoxy) is 1. The van der Waals surface area contributed by atoms with Crippen LogP contribution >= 0.6 is 0 Å². The number of rotatable bonds is 5. The summed E-state index contributed by atoms with van der Waals surface area (Å²) < 4.78 is 28.7. The summed E-state index contributed by atoms with van der Waals surface area (Å²) in [6, 6.07) is 4.39. The van der Waals surface area contributed by atoms with Gasteiger partial charge in [-0.25, -0.2) is 8.42 Å². The van der Waals surface area contributed by atoms with Crippen LogP contribution < -0.4 is 10.5 Å². The number of hydrogen-bond donors (Lipinski definition) is 2. The number of hydrogen-bond acceptors (Lipinski definition) is 5. The number of aliphatic hydroxyl groups excluding tert-OH is 1. The van der Waals surface area contributed by atoms with E-state index in [1.54, 1.807) is 0 Å². The minimum Gasteiger partial charge on any atom is -0.495 e. The molecule has 1 aromatic rings. The van der Waals surface area contributed by atoms with E-state index in [1.165, 1.54) is 25.3 Å². The molecule has 0 saturated carbocycles. The highest BCUT2D eigenvalue weighted by Gasteiger charge is 2.19. The van der Waals surface area contributed by atoms with Crippen molar-refractivity contribution in [2.45, 2.75) is 11.3 Å². The molecular formula is C10H15NO4S. The molecular weight excluding hydrogens is 230 g/mol. The van der Waals surface area contributed by atoms with Gasteiger partial charge in [0, 0.05) is 18.4 Å². The Bertz CT molecular complexity index is 456. The van der Waals surface area contributed by atoms with Crippen molar-refractivity contribution in [1.82, 2.24) is 0 Å². The minimum atomic E-state index is -3.42. The van der Waals surface area contributed by atoms with E-state index in [4.69, 9.17) is 15.6 Å². The number of nitrogens with two attached hydrogens (primary N) is 1. The molecule has 0 spiro atoms. The molecule has 0 bridgehead atoms. The van der Waals surface area contributed by atoms with Gasteiger partial charge in [0.05, 0.1) is 12.9 Å². The molecule has 0 unspecified atom stereocenters. The van der Waals surface area contributed by atoms with Crippen molar-refractivity contribution >= 4 is 15.5 Å². The average Bonchev–Trinajstić information content (AvgIpc) is 2.26. The predicted molar refractivity (Wildman–Crippen MR) is 61.2 cm³/mol. The number of aliphatic hydroxyl groups is 1. The van der Waals surface area contributed by atoms with Crippen LogP contribution in [0.3, 0.4) is 0 Å². The maximum absolute atomic E-state index is 11.9. The highest BCUT2D eigenvalue weighted by Crippen LogP contribution is 2.27. The van der Waals surface area contributed by atoms with Gasteiger partial charge in [-0.2, -0.15) is 0 Å². The second-order valence-corrected chi connectivity index (χ2v) is 5.38. The lowest BCUT2D eigenvalue weighted by Crippen LogP contribution is -2.10. The van der Waals surface area contributed by atoms with Gasteiger partial charge in [0.1, 0.15) is 10.6 Å². The SMILES string of the molecule is COc1cc(N)ccc1S(=O)(=O)CCCO. The molecule has 0 aliphatic carbocycles. The second-order valence-electron chi connectivity index (χ2n) is 3.31. The van der Waals surface area contributed by atoms with Crippen LogP contribution in [0.5, 0.6) is 5.75 Å². The maximum atomic E-state index is 11.9. The molecule has 0 amide bonds. The van der Waals surface area contributed by atoms with Crippen molar-refractivity contribution in [3.8, 4) is 5.75 Å². The molecule has 16 heavy (non-hydrogen) atoms. The topological polar surface area (TPSA) is 89.6 Å². The summed E-state index contributed by atoms with van der Waals surface area (Å²) in [6.45, 7) is -0.156. The summed E-state index contributed by atoms with van der Waals surface area (Å²) in [7, 11) is -2.03. The predicted octanol–water partition coefficient (Wildman–Crippen LogP) is 0.434. The number of nitrogen functional groups attached to an aromatic ring is 1. The van der Waals surface area contributed by atoms with Gasteiger partial charge in [-0.1, -0.05) is 0 Å². The van der Waals surface area contributed by atoms with Crippen LogP contribution in [-0.2, 0) is 9.84 Å². The van der Waals surface area contributed by atoms with Crippen molar-refractivity contribution in [2.24, 2.45) is 0 Å². The first-order chi connectivity index (χ1) is 7.51. The Hall–Kier alpha value is -1.27. The number of sulfone groups is 1. The van der Waals surface area contributed by atoms with Gasteiger partial charge in [0.15, 0.2) is 9.84 Å². The van der Waals surface area contributed by atoms with Crippen LogP contribution in [0, 0.1) is 0 Å². The van der Waals surface area contributed by atoms with Gasteiger partial charge < -0.3 is 15.6 Å². The minimum absolute atomic E-state index is 0.107. The fraction of sp³-hybridized carbons (Fsp3) is 0.400. The maximum Gasteiger partial charge on any atom is 0.182 e. The molecule has 1 rings (SSSR count). The zero-order valence-electron chi connectivity index (χ0n) is 9.01. The van der Waals surface area contributed by atoms with Gasteiger partial charge >= 0.3 is 0 Å². The van der Waals surface area contributed by atoms with E-state index in [-0.39, 0.29) is 29.4 Å². The van der Waals surface area contributed by atoms with Gasteiger partial charge in [-0.15, -0.1) is 0 Å². The highest BCUT2D eigenvalue weighted by molar-refractivity contribution is 7.91. The van der Waals surface area contributed by atoms with Crippen LogP contribution in [0.1, 0.15) is 6.42 Å². The molecule has 1 aromatic carbocycles. The molecule has 6 heteroatoms. The smallest absolute Gasteiger partial charge is 0.182 e. The van der Waals surface area contributed by atoms with Crippen molar-refractivity contribution in [1.29, 1.82) is 0 Å². The van der Waals surface area contributed by atoms with Gasteiger partial charge in [-0.05, 0) is 18.6 Å². The molecule has 3 N–H and O–H groups in total. The third kappa shape index (κ3) is 2.86. The summed E-state index contributed by atoms with van der Waals surface area (Å²) in [6.07, 6.45) is 0.204. The van der Waals surface area contributed by atoms with E-state index < -0.39 is 9.84 Å². The summed E-state index contributed by atoms with van der Waals surface area (Å²) in [5.74, 6) is 0.127. The van der Waals surface area contributed by atoms with Crippen molar-refractivity contribution < 1.29 is 18.3 Å². The third-order valence-electron chi connectivity index (χ3n) is 2.09. The fourth-order valence-electron chi connectivity index (χ4n) is 1.31. The zero-order chi connectivity index (χ0) is 12.2. The van der Waals surface area contributed by atoms with Crippen LogP contribution in [0.25, 0.3) is 0 Å².